The summed E-state index contributed by atoms with van der Waals surface area (Å²) < 4.78 is 0. The van der Waals surface area contributed by atoms with Crippen molar-refractivity contribution in [2.45, 2.75) is 30.4 Å². The smallest absolute Gasteiger partial charge is 0.131 e. The average molecular weight is 277 g/mol. The maximum atomic E-state index is 6.09. The number of benzene rings is 1. The van der Waals surface area contributed by atoms with Crippen LogP contribution in [0.2, 0.25) is 5.02 Å². The fourth-order valence-corrected chi connectivity index (χ4v) is 3.18. The van der Waals surface area contributed by atoms with Gasteiger partial charge >= 0.3 is 0 Å². The van der Waals surface area contributed by atoms with E-state index < -0.39 is 0 Å². The predicted molar refractivity (Wildman–Crippen MR) is 76.1 cm³/mol. The van der Waals surface area contributed by atoms with Crippen molar-refractivity contribution in [2.24, 2.45) is 0 Å². The molecular formula is C14H13ClN2S. The van der Waals surface area contributed by atoms with Gasteiger partial charge in [-0.25, -0.2) is 9.97 Å². The first-order valence-corrected chi connectivity index (χ1v) is 7.30. The summed E-state index contributed by atoms with van der Waals surface area (Å²) in [5, 5.41) is 0.756. The third-order valence-electron chi connectivity index (χ3n) is 2.98. The largest absolute Gasteiger partial charge is 0.241 e. The van der Waals surface area contributed by atoms with Crippen molar-refractivity contribution < 1.29 is 0 Å². The zero-order valence-corrected chi connectivity index (χ0v) is 11.8. The van der Waals surface area contributed by atoms with Gasteiger partial charge in [-0.2, -0.15) is 0 Å². The van der Waals surface area contributed by atoms with E-state index in [1.165, 1.54) is 10.5 Å². The van der Waals surface area contributed by atoms with Gasteiger partial charge in [-0.3, -0.25) is 0 Å². The van der Waals surface area contributed by atoms with E-state index >= 15 is 0 Å². The van der Waals surface area contributed by atoms with Crippen LogP contribution in [-0.4, -0.2) is 9.97 Å². The zero-order chi connectivity index (χ0) is 12.7. The lowest BCUT2D eigenvalue weighted by Gasteiger charge is -2.19. The first-order chi connectivity index (χ1) is 8.65. The molecule has 0 unspecified atom stereocenters. The van der Waals surface area contributed by atoms with E-state index in [0.717, 1.165) is 27.9 Å². The Bertz CT molecular complexity index is 611. The molecular weight excluding hydrogens is 264 g/mol. The summed E-state index contributed by atoms with van der Waals surface area (Å²) in [6.45, 7) is 4.22. The monoisotopic (exact) mass is 276 g/mol. The Labute approximate surface area is 116 Å². The average Bonchev–Trinajstić information content (AvgIpc) is 2.37. The van der Waals surface area contributed by atoms with Crippen LogP contribution in [0.1, 0.15) is 31.2 Å². The van der Waals surface area contributed by atoms with Gasteiger partial charge in [-0.15, -0.1) is 11.8 Å². The lowest BCUT2D eigenvalue weighted by atomic mass is 10.1. The molecule has 2 aromatic rings. The molecule has 0 amide bonds. The van der Waals surface area contributed by atoms with Gasteiger partial charge in [0, 0.05) is 38.9 Å². The molecule has 0 aliphatic carbocycles. The number of nitrogens with zero attached hydrogens (tertiary/aromatic N) is 2. The van der Waals surface area contributed by atoms with Crippen molar-refractivity contribution in [2.75, 3.05) is 0 Å². The molecule has 2 nitrogen and oxygen atoms in total. The highest BCUT2D eigenvalue weighted by atomic mass is 35.5. The number of aromatic nitrogens is 2. The first kappa shape index (κ1) is 12.0. The van der Waals surface area contributed by atoms with Gasteiger partial charge in [0.05, 0.1) is 5.69 Å². The van der Waals surface area contributed by atoms with Gasteiger partial charge in [-0.05, 0) is 18.2 Å². The van der Waals surface area contributed by atoms with Crippen LogP contribution in [0.4, 0.5) is 0 Å². The highest BCUT2D eigenvalue weighted by molar-refractivity contribution is 7.98. The first-order valence-electron chi connectivity index (χ1n) is 5.93. The fraction of sp³-hybridized carbons (Fsp3) is 0.286. The molecule has 0 saturated carbocycles. The van der Waals surface area contributed by atoms with Crippen LogP contribution in [0.5, 0.6) is 0 Å². The third-order valence-corrected chi connectivity index (χ3v) is 4.34. The molecule has 0 bridgehead atoms. The van der Waals surface area contributed by atoms with Crippen LogP contribution in [0, 0.1) is 0 Å². The van der Waals surface area contributed by atoms with Gasteiger partial charge in [0.2, 0.25) is 0 Å². The van der Waals surface area contributed by atoms with Crippen LogP contribution in [-0.2, 0) is 5.75 Å². The standard InChI is InChI=1S/C14H13ClN2S/c1-8(2)14-16-6-9-7-18-12-4-3-10(15)5-11(12)13(9)17-14/h3-6,8H,7H2,1-2H3. The predicted octanol–water partition coefficient (Wildman–Crippen LogP) is 4.53. The Morgan fingerprint density at radius 3 is 2.94 bits per heavy atom. The second kappa shape index (κ2) is 4.56. The van der Waals surface area contributed by atoms with Gasteiger partial charge in [0.1, 0.15) is 5.82 Å². The van der Waals surface area contributed by atoms with Crippen LogP contribution in [0.15, 0.2) is 29.3 Å². The molecule has 2 heterocycles. The Morgan fingerprint density at radius 1 is 1.33 bits per heavy atom. The van der Waals surface area contributed by atoms with Crippen molar-refractivity contribution >= 4 is 23.4 Å². The van der Waals surface area contributed by atoms with E-state index in [2.05, 4.69) is 24.9 Å². The molecule has 1 aliphatic rings. The summed E-state index contributed by atoms with van der Waals surface area (Å²) >= 11 is 7.91. The Kier molecular flexibility index (Phi) is 3.04. The minimum atomic E-state index is 0.340. The van der Waals surface area contributed by atoms with E-state index in [1.807, 2.05) is 30.1 Å². The lowest BCUT2D eigenvalue weighted by molar-refractivity contribution is 0.772. The minimum Gasteiger partial charge on any atom is -0.241 e. The van der Waals surface area contributed by atoms with Crippen molar-refractivity contribution in [1.29, 1.82) is 0 Å². The molecule has 92 valence electrons. The van der Waals surface area contributed by atoms with Crippen molar-refractivity contribution in [3.8, 4) is 11.3 Å². The molecule has 1 aromatic carbocycles. The molecule has 0 saturated heterocycles. The van der Waals surface area contributed by atoms with Gasteiger partial charge in [0.25, 0.3) is 0 Å². The molecule has 1 aliphatic heterocycles. The molecule has 0 N–H and O–H groups in total. The molecule has 3 rings (SSSR count). The number of hydrogen-bond acceptors (Lipinski definition) is 3. The molecule has 18 heavy (non-hydrogen) atoms. The highest BCUT2D eigenvalue weighted by Crippen LogP contribution is 2.41. The number of hydrogen-bond donors (Lipinski definition) is 0. The summed E-state index contributed by atoms with van der Waals surface area (Å²) in [6.07, 6.45) is 1.95. The molecule has 4 heteroatoms. The topological polar surface area (TPSA) is 25.8 Å². The van der Waals surface area contributed by atoms with E-state index in [4.69, 9.17) is 16.6 Å². The van der Waals surface area contributed by atoms with E-state index in [1.54, 1.807) is 0 Å². The van der Waals surface area contributed by atoms with Crippen LogP contribution in [0.3, 0.4) is 0 Å². The Morgan fingerprint density at radius 2 is 2.17 bits per heavy atom. The Hall–Kier alpha value is -1.06. The summed E-state index contributed by atoms with van der Waals surface area (Å²) in [7, 11) is 0. The van der Waals surface area contributed by atoms with Crippen molar-refractivity contribution in [1.82, 2.24) is 9.97 Å². The summed E-state index contributed by atoms with van der Waals surface area (Å²) in [4.78, 5) is 10.4. The molecule has 0 atom stereocenters. The van der Waals surface area contributed by atoms with E-state index in [0.29, 0.717) is 5.92 Å². The van der Waals surface area contributed by atoms with Crippen molar-refractivity contribution in [3.63, 3.8) is 0 Å². The second-order valence-corrected chi connectivity index (χ2v) is 6.14. The minimum absolute atomic E-state index is 0.340. The maximum absolute atomic E-state index is 6.09. The summed E-state index contributed by atoms with van der Waals surface area (Å²) in [6, 6.07) is 6.00. The van der Waals surface area contributed by atoms with Gasteiger partial charge in [0.15, 0.2) is 0 Å². The molecule has 0 radical (unpaired) electrons. The van der Waals surface area contributed by atoms with E-state index in [-0.39, 0.29) is 0 Å². The zero-order valence-electron chi connectivity index (χ0n) is 10.3. The molecule has 0 spiro atoms. The van der Waals surface area contributed by atoms with Crippen LogP contribution >= 0.6 is 23.4 Å². The second-order valence-electron chi connectivity index (χ2n) is 4.69. The molecule has 0 fully saturated rings. The number of rotatable bonds is 1. The van der Waals surface area contributed by atoms with Crippen molar-refractivity contribution in [3.05, 3.63) is 40.8 Å². The van der Waals surface area contributed by atoms with Gasteiger partial charge in [-0.1, -0.05) is 25.4 Å². The summed E-state index contributed by atoms with van der Waals surface area (Å²) in [5.74, 6) is 2.17. The number of fused-ring (bicyclic) bond motifs is 3. The SMILES string of the molecule is CC(C)c1ncc2c(n1)-c1cc(Cl)ccc1SC2. The quantitative estimate of drug-likeness (QED) is 0.765. The third kappa shape index (κ3) is 2.02. The van der Waals surface area contributed by atoms with Crippen LogP contribution < -0.4 is 0 Å². The summed E-state index contributed by atoms with van der Waals surface area (Å²) in [5.41, 5.74) is 3.38. The molecule has 1 aromatic heterocycles. The van der Waals surface area contributed by atoms with Gasteiger partial charge < -0.3 is 0 Å². The fourth-order valence-electron chi connectivity index (χ4n) is 2.01. The van der Waals surface area contributed by atoms with E-state index in [9.17, 15) is 0 Å². The van der Waals surface area contributed by atoms with Crippen LogP contribution in [0.25, 0.3) is 11.3 Å². The lowest BCUT2D eigenvalue weighted by Crippen LogP contribution is -2.05. The number of halogens is 1. The highest BCUT2D eigenvalue weighted by Gasteiger charge is 2.19. The Balaban J connectivity index is 2.20. The normalized spacial score (nSPS) is 13.3. The maximum Gasteiger partial charge on any atom is 0.131 e. The number of thioether (sulfide) groups is 1.